The molecule has 1 N–H and O–H groups in total. The summed E-state index contributed by atoms with van der Waals surface area (Å²) in [5.41, 5.74) is 1.05. The van der Waals surface area contributed by atoms with Gasteiger partial charge in [0.1, 0.15) is 0 Å². The second kappa shape index (κ2) is 6.48. The van der Waals surface area contributed by atoms with Crippen LogP contribution in [0.15, 0.2) is 22.7 Å². The van der Waals surface area contributed by atoms with Crippen molar-refractivity contribution in [1.29, 1.82) is 0 Å². The Morgan fingerprint density at radius 2 is 2.27 bits per heavy atom. The van der Waals surface area contributed by atoms with Crippen LogP contribution in [0.4, 0.5) is 0 Å². The summed E-state index contributed by atoms with van der Waals surface area (Å²) in [5, 5.41) is 10.2. The zero-order valence-electron chi connectivity index (χ0n) is 8.54. The minimum atomic E-state index is -0.422. The molecule has 15 heavy (non-hydrogen) atoms. The number of methoxy groups -OCH3 is 1. The van der Waals surface area contributed by atoms with Crippen molar-refractivity contribution in [3.05, 3.63) is 33.3 Å². The van der Waals surface area contributed by atoms with E-state index in [1.165, 1.54) is 0 Å². The van der Waals surface area contributed by atoms with E-state index in [1.54, 1.807) is 7.11 Å². The van der Waals surface area contributed by atoms with Crippen LogP contribution in [-0.2, 0) is 11.2 Å². The van der Waals surface area contributed by atoms with Crippen molar-refractivity contribution in [2.45, 2.75) is 18.9 Å². The van der Waals surface area contributed by atoms with Crippen molar-refractivity contribution < 1.29 is 9.84 Å². The number of hydrogen-bond donors (Lipinski definition) is 1. The molecule has 0 radical (unpaired) electrons. The van der Waals surface area contributed by atoms with Crippen molar-refractivity contribution >= 4 is 27.5 Å². The predicted molar refractivity (Wildman–Crippen MR) is 65.4 cm³/mol. The summed E-state index contributed by atoms with van der Waals surface area (Å²) in [6, 6.07) is 5.77. The number of aliphatic hydroxyl groups excluding tert-OH is 1. The Hall–Kier alpha value is -0.0900. The van der Waals surface area contributed by atoms with E-state index in [9.17, 15) is 5.11 Å². The highest BCUT2D eigenvalue weighted by molar-refractivity contribution is 9.10. The second-order valence-electron chi connectivity index (χ2n) is 3.38. The second-order valence-corrected chi connectivity index (χ2v) is 4.71. The number of rotatable bonds is 5. The van der Waals surface area contributed by atoms with Gasteiger partial charge in [-0.15, -0.1) is 0 Å². The van der Waals surface area contributed by atoms with Crippen molar-refractivity contribution in [1.82, 2.24) is 0 Å². The first kappa shape index (κ1) is 13.0. The molecule has 2 nitrogen and oxygen atoms in total. The van der Waals surface area contributed by atoms with Crippen LogP contribution in [-0.4, -0.2) is 24.9 Å². The lowest BCUT2D eigenvalue weighted by molar-refractivity contribution is 0.0595. The Labute approximate surface area is 103 Å². The van der Waals surface area contributed by atoms with Crippen molar-refractivity contribution in [2.24, 2.45) is 0 Å². The van der Waals surface area contributed by atoms with Gasteiger partial charge in [-0.25, -0.2) is 0 Å². The Kier molecular flexibility index (Phi) is 5.61. The summed E-state index contributed by atoms with van der Waals surface area (Å²) < 4.78 is 5.82. The van der Waals surface area contributed by atoms with Crippen LogP contribution in [0.5, 0.6) is 0 Å². The summed E-state index contributed by atoms with van der Waals surface area (Å²) in [4.78, 5) is 0. The molecule has 0 saturated carbocycles. The molecule has 1 aromatic carbocycles. The third-order valence-electron chi connectivity index (χ3n) is 2.12. The average Bonchev–Trinajstić information content (AvgIpc) is 2.17. The van der Waals surface area contributed by atoms with Gasteiger partial charge in [0, 0.05) is 16.6 Å². The first-order valence-corrected chi connectivity index (χ1v) is 5.91. The number of aryl methyl sites for hydroxylation is 1. The molecule has 0 fully saturated rings. The number of hydrogen-bond acceptors (Lipinski definition) is 2. The molecule has 0 heterocycles. The van der Waals surface area contributed by atoms with Crippen molar-refractivity contribution in [3.8, 4) is 0 Å². The van der Waals surface area contributed by atoms with Crippen LogP contribution in [0, 0.1) is 0 Å². The summed E-state index contributed by atoms with van der Waals surface area (Å²) in [7, 11) is 1.58. The third-order valence-corrected chi connectivity index (χ3v) is 2.97. The predicted octanol–water partition coefficient (Wildman–Crippen LogP) is 3.04. The largest absolute Gasteiger partial charge is 0.391 e. The van der Waals surface area contributed by atoms with E-state index in [2.05, 4.69) is 15.9 Å². The third kappa shape index (κ3) is 4.51. The van der Waals surface area contributed by atoms with Crippen molar-refractivity contribution in [3.63, 3.8) is 0 Å². The number of ether oxygens (including phenoxy) is 1. The Morgan fingerprint density at radius 1 is 1.53 bits per heavy atom. The van der Waals surface area contributed by atoms with Gasteiger partial charge in [0.15, 0.2) is 0 Å². The maximum atomic E-state index is 9.48. The van der Waals surface area contributed by atoms with Crippen LogP contribution in [0.1, 0.15) is 12.0 Å². The molecule has 4 heteroatoms. The lowest BCUT2D eigenvalue weighted by Crippen LogP contribution is -2.14. The van der Waals surface area contributed by atoms with Gasteiger partial charge in [-0.1, -0.05) is 33.6 Å². The summed E-state index contributed by atoms with van der Waals surface area (Å²) in [6.07, 6.45) is 1.00. The average molecular weight is 294 g/mol. The SMILES string of the molecule is COCC(O)CCc1ccc(Br)cc1Cl. The molecule has 1 aromatic rings. The van der Waals surface area contributed by atoms with Gasteiger partial charge >= 0.3 is 0 Å². The van der Waals surface area contributed by atoms with Crippen LogP contribution in [0.3, 0.4) is 0 Å². The van der Waals surface area contributed by atoms with Crippen LogP contribution < -0.4 is 0 Å². The molecule has 0 aliphatic heterocycles. The fraction of sp³-hybridized carbons (Fsp3) is 0.455. The number of benzene rings is 1. The van der Waals surface area contributed by atoms with Crippen LogP contribution in [0.25, 0.3) is 0 Å². The highest BCUT2D eigenvalue weighted by Gasteiger charge is 2.06. The lowest BCUT2D eigenvalue weighted by atomic mass is 10.1. The molecule has 0 bridgehead atoms. The molecule has 0 aliphatic rings. The van der Waals surface area contributed by atoms with Crippen LogP contribution >= 0.6 is 27.5 Å². The maximum absolute atomic E-state index is 9.48. The molecule has 0 aliphatic carbocycles. The molecular formula is C11H14BrClO2. The van der Waals surface area contributed by atoms with Gasteiger partial charge in [0.05, 0.1) is 12.7 Å². The van der Waals surface area contributed by atoms with Gasteiger partial charge in [0.25, 0.3) is 0 Å². The maximum Gasteiger partial charge on any atom is 0.0776 e. The van der Waals surface area contributed by atoms with Gasteiger partial charge in [0.2, 0.25) is 0 Å². The Balaban J connectivity index is 2.50. The molecule has 0 aromatic heterocycles. The van der Waals surface area contributed by atoms with E-state index in [0.29, 0.717) is 13.0 Å². The first-order chi connectivity index (χ1) is 7.13. The Morgan fingerprint density at radius 3 is 2.87 bits per heavy atom. The minimum absolute atomic E-state index is 0.369. The van der Waals surface area contributed by atoms with E-state index in [-0.39, 0.29) is 0 Å². The molecule has 1 rings (SSSR count). The monoisotopic (exact) mass is 292 g/mol. The fourth-order valence-corrected chi connectivity index (χ4v) is 2.09. The molecule has 84 valence electrons. The summed E-state index contributed by atoms with van der Waals surface area (Å²) in [5.74, 6) is 0. The number of aliphatic hydroxyl groups is 1. The molecule has 0 spiro atoms. The van der Waals surface area contributed by atoms with E-state index in [4.69, 9.17) is 16.3 Å². The zero-order valence-corrected chi connectivity index (χ0v) is 10.9. The molecule has 0 saturated heterocycles. The molecular weight excluding hydrogens is 279 g/mol. The lowest BCUT2D eigenvalue weighted by Gasteiger charge is -2.10. The van der Waals surface area contributed by atoms with Crippen molar-refractivity contribution in [2.75, 3.05) is 13.7 Å². The normalized spacial score (nSPS) is 12.8. The number of halogens is 2. The smallest absolute Gasteiger partial charge is 0.0776 e. The molecule has 1 unspecified atom stereocenters. The fourth-order valence-electron chi connectivity index (χ4n) is 1.32. The van der Waals surface area contributed by atoms with E-state index < -0.39 is 6.10 Å². The summed E-state index contributed by atoms with van der Waals surface area (Å²) in [6.45, 7) is 0.369. The van der Waals surface area contributed by atoms with Gasteiger partial charge in [-0.3, -0.25) is 0 Å². The topological polar surface area (TPSA) is 29.5 Å². The standard InChI is InChI=1S/C11H14BrClO2/c1-15-7-10(14)5-3-8-2-4-9(12)6-11(8)13/h2,4,6,10,14H,3,5,7H2,1H3. The van der Waals surface area contributed by atoms with Crippen LogP contribution in [0.2, 0.25) is 5.02 Å². The van der Waals surface area contributed by atoms with Gasteiger partial charge in [-0.2, -0.15) is 0 Å². The highest BCUT2D eigenvalue weighted by atomic mass is 79.9. The summed E-state index contributed by atoms with van der Waals surface area (Å²) >= 11 is 9.39. The highest BCUT2D eigenvalue weighted by Crippen LogP contribution is 2.22. The van der Waals surface area contributed by atoms with E-state index in [1.807, 2.05) is 18.2 Å². The van der Waals surface area contributed by atoms with E-state index in [0.717, 1.165) is 21.5 Å². The minimum Gasteiger partial charge on any atom is -0.391 e. The van der Waals surface area contributed by atoms with Gasteiger partial charge in [-0.05, 0) is 30.5 Å². The van der Waals surface area contributed by atoms with Gasteiger partial charge < -0.3 is 9.84 Å². The molecule has 1 atom stereocenters. The quantitative estimate of drug-likeness (QED) is 0.904. The first-order valence-electron chi connectivity index (χ1n) is 4.74. The zero-order chi connectivity index (χ0) is 11.3. The Bertz CT molecular complexity index is 317. The molecule has 0 amide bonds. The van der Waals surface area contributed by atoms with E-state index >= 15 is 0 Å².